The molecule has 118 valence electrons. The zero-order valence-electron chi connectivity index (χ0n) is 13.6. The summed E-state index contributed by atoms with van der Waals surface area (Å²) < 4.78 is 0. The summed E-state index contributed by atoms with van der Waals surface area (Å²) in [6.45, 7) is 6.62. The molecule has 0 aliphatic rings. The van der Waals surface area contributed by atoms with Crippen LogP contribution >= 0.6 is 0 Å². The van der Waals surface area contributed by atoms with Crippen molar-refractivity contribution in [3.05, 3.63) is 35.4 Å². The van der Waals surface area contributed by atoms with E-state index in [1.54, 1.807) is 0 Å². The van der Waals surface area contributed by atoms with E-state index >= 15 is 0 Å². The van der Waals surface area contributed by atoms with Crippen molar-refractivity contribution in [2.75, 3.05) is 6.54 Å². The normalized spacial score (nSPS) is 12.4. The van der Waals surface area contributed by atoms with E-state index in [2.05, 4.69) is 36.5 Å². The fourth-order valence-electron chi connectivity index (χ4n) is 2.15. The number of carbonyl (C=O) groups is 1. The molecular formula is C18H29NO2. The molecule has 1 aromatic carbocycles. The average molecular weight is 291 g/mol. The first-order chi connectivity index (χ1) is 9.99. The molecule has 3 heteroatoms. The highest BCUT2D eigenvalue weighted by Crippen LogP contribution is 2.08. The first kappa shape index (κ1) is 17.7. The largest absolute Gasteiger partial charge is 0.393 e. The summed E-state index contributed by atoms with van der Waals surface area (Å²) in [7, 11) is 0. The molecule has 1 rings (SSSR count). The summed E-state index contributed by atoms with van der Waals surface area (Å²) in [4.78, 5) is 11.7. The summed E-state index contributed by atoms with van der Waals surface area (Å²) in [6, 6.07) is 8.57. The molecule has 3 nitrogen and oxygen atoms in total. The average Bonchev–Trinajstić information content (AvgIpc) is 2.45. The molecule has 1 aromatic rings. The molecule has 0 aliphatic carbocycles. The maximum absolute atomic E-state index is 11.7. The van der Waals surface area contributed by atoms with Crippen molar-refractivity contribution >= 4 is 5.91 Å². The number of hydrogen-bond donors (Lipinski definition) is 2. The van der Waals surface area contributed by atoms with E-state index in [0.717, 1.165) is 19.3 Å². The number of aryl methyl sites for hydroxylation is 2. The van der Waals surface area contributed by atoms with Gasteiger partial charge in [0, 0.05) is 13.0 Å². The quantitative estimate of drug-likeness (QED) is 0.686. The van der Waals surface area contributed by atoms with Gasteiger partial charge in [0.1, 0.15) is 0 Å². The van der Waals surface area contributed by atoms with E-state index in [4.69, 9.17) is 0 Å². The maximum atomic E-state index is 11.7. The van der Waals surface area contributed by atoms with Gasteiger partial charge < -0.3 is 10.4 Å². The summed E-state index contributed by atoms with van der Waals surface area (Å²) >= 11 is 0. The van der Waals surface area contributed by atoms with Crippen molar-refractivity contribution in [3.63, 3.8) is 0 Å². The maximum Gasteiger partial charge on any atom is 0.219 e. The van der Waals surface area contributed by atoms with Crippen molar-refractivity contribution in [2.45, 2.75) is 59.0 Å². The number of nitrogens with one attached hydrogen (secondary N) is 1. The van der Waals surface area contributed by atoms with Gasteiger partial charge in [0.15, 0.2) is 0 Å². The molecule has 1 amide bonds. The number of benzene rings is 1. The molecule has 0 saturated carbocycles. The number of rotatable bonds is 9. The molecule has 1 atom stereocenters. The number of carbonyl (C=O) groups excluding carboxylic acids is 1. The van der Waals surface area contributed by atoms with Gasteiger partial charge in [-0.15, -0.1) is 0 Å². The third-order valence-corrected chi connectivity index (χ3v) is 3.77. The molecule has 0 saturated heterocycles. The van der Waals surface area contributed by atoms with E-state index < -0.39 is 0 Å². The third-order valence-electron chi connectivity index (χ3n) is 3.77. The molecule has 0 spiro atoms. The van der Waals surface area contributed by atoms with Gasteiger partial charge in [0.2, 0.25) is 5.91 Å². The minimum atomic E-state index is -0.327. The van der Waals surface area contributed by atoms with Gasteiger partial charge in [-0.1, -0.05) is 43.7 Å². The van der Waals surface area contributed by atoms with Gasteiger partial charge in [0.25, 0.3) is 0 Å². The Hall–Kier alpha value is -1.35. The SMILES string of the molecule is Cc1ccc(CCCCC(=O)NCC[C@H](O)C(C)C)cc1. The standard InChI is InChI=1S/C18H29NO2/c1-14(2)17(20)12-13-19-18(21)7-5-4-6-16-10-8-15(3)9-11-16/h8-11,14,17,20H,4-7,12-13H2,1-3H3,(H,19,21)/t17-/m0/s1. The van der Waals surface area contributed by atoms with Gasteiger partial charge in [-0.3, -0.25) is 4.79 Å². The Balaban J connectivity index is 2.07. The topological polar surface area (TPSA) is 49.3 Å². The van der Waals surface area contributed by atoms with Gasteiger partial charge >= 0.3 is 0 Å². The third kappa shape index (κ3) is 7.86. The number of aliphatic hydroxyl groups is 1. The lowest BCUT2D eigenvalue weighted by atomic mass is 10.0. The van der Waals surface area contributed by atoms with Gasteiger partial charge in [0.05, 0.1) is 6.10 Å². The lowest BCUT2D eigenvalue weighted by Crippen LogP contribution is -2.28. The highest BCUT2D eigenvalue weighted by molar-refractivity contribution is 5.75. The summed E-state index contributed by atoms with van der Waals surface area (Å²) in [6.07, 6.45) is 3.85. The summed E-state index contributed by atoms with van der Waals surface area (Å²) in [5.74, 6) is 0.339. The predicted molar refractivity (Wildman–Crippen MR) is 87.2 cm³/mol. The predicted octanol–water partition coefficient (Wildman–Crippen LogP) is 3.23. The van der Waals surface area contributed by atoms with Crippen LogP contribution in [0.3, 0.4) is 0 Å². The fraction of sp³-hybridized carbons (Fsp3) is 0.611. The Labute approximate surface area is 128 Å². The van der Waals surface area contributed by atoms with E-state index in [-0.39, 0.29) is 17.9 Å². The van der Waals surface area contributed by atoms with Crippen LogP contribution in [0.15, 0.2) is 24.3 Å². The van der Waals surface area contributed by atoms with E-state index in [1.165, 1.54) is 11.1 Å². The number of aliphatic hydroxyl groups excluding tert-OH is 1. The van der Waals surface area contributed by atoms with Crippen LogP contribution < -0.4 is 5.32 Å². The molecule has 0 fully saturated rings. The van der Waals surface area contributed by atoms with Gasteiger partial charge in [-0.2, -0.15) is 0 Å². The summed E-state index contributed by atoms with van der Waals surface area (Å²) in [5, 5.41) is 12.5. The minimum Gasteiger partial charge on any atom is -0.393 e. The second-order valence-corrected chi connectivity index (χ2v) is 6.14. The molecule has 0 radical (unpaired) electrons. The Kier molecular flexibility index (Phi) is 8.06. The highest BCUT2D eigenvalue weighted by atomic mass is 16.3. The summed E-state index contributed by atoms with van der Waals surface area (Å²) in [5.41, 5.74) is 2.61. The van der Waals surface area contributed by atoms with E-state index in [0.29, 0.717) is 19.4 Å². The minimum absolute atomic E-state index is 0.0925. The van der Waals surface area contributed by atoms with Crippen molar-refractivity contribution < 1.29 is 9.90 Å². The smallest absolute Gasteiger partial charge is 0.219 e. The molecule has 0 aromatic heterocycles. The molecule has 0 heterocycles. The Morgan fingerprint density at radius 1 is 1.19 bits per heavy atom. The molecule has 0 unspecified atom stereocenters. The lowest BCUT2D eigenvalue weighted by molar-refractivity contribution is -0.121. The second-order valence-electron chi connectivity index (χ2n) is 6.14. The Bertz CT molecular complexity index is 412. The van der Waals surface area contributed by atoms with Crippen LogP contribution in [-0.2, 0) is 11.2 Å². The zero-order chi connectivity index (χ0) is 15.7. The van der Waals surface area contributed by atoms with Crippen molar-refractivity contribution in [3.8, 4) is 0 Å². The van der Waals surface area contributed by atoms with Crippen molar-refractivity contribution in [2.24, 2.45) is 5.92 Å². The van der Waals surface area contributed by atoms with Crippen LogP contribution in [0.5, 0.6) is 0 Å². The number of hydrogen-bond acceptors (Lipinski definition) is 2. The van der Waals surface area contributed by atoms with Crippen molar-refractivity contribution in [1.29, 1.82) is 0 Å². The zero-order valence-corrected chi connectivity index (χ0v) is 13.6. The van der Waals surface area contributed by atoms with Gasteiger partial charge in [-0.05, 0) is 44.1 Å². The molecular weight excluding hydrogens is 262 g/mol. The molecule has 2 N–H and O–H groups in total. The molecule has 21 heavy (non-hydrogen) atoms. The first-order valence-corrected chi connectivity index (χ1v) is 7.99. The Morgan fingerprint density at radius 2 is 1.86 bits per heavy atom. The highest BCUT2D eigenvalue weighted by Gasteiger charge is 2.09. The molecule has 0 bridgehead atoms. The number of unbranched alkanes of at least 4 members (excludes halogenated alkanes) is 1. The van der Waals surface area contributed by atoms with Gasteiger partial charge in [-0.25, -0.2) is 0 Å². The fourth-order valence-corrected chi connectivity index (χ4v) is 2.15. The van der Waals surface area contributed by atoms with Crippen LogP contribution in [0.2, 0.25) is 0 Å². The van der Waals surface area contributed by atoms with Crippen LogP contribution in [0.25, 0.3) is 0 Å². The lowest BCUT2D eigenvalue weighted by Gasteiger charge is -2.14. The van der Waals surface area contributed by atoms with Crippen molar-refractivity contribution in [1.82, 2.24) is 5.32 Å². The number of amides is 1. The van der Waals surface area contributed by atoms with Crippen LogP contribution in [-0.4, -0.2) is 23.7 Å². The molecule has 0 aliphatic heterocycles. The van der Waals surface area contributed by atoms with E-state index in [1.807, 2.05) is 13.8 Å². The Morgan fingerprint density at radius 3 is 2.48 bits per heavy atom. The van der Waals surface area contributed by atoms with Crippen LogP contribution in [0.4, 0.5) is 0 Å². The van der Waals surface area contributed by atoms with Crippen LogP contribution in [0, 0.1) is 12.8 Å². The second kappa shape index (κ2) is 9.56. The van der Waals surface area contributed by atoms with Crippen LogP contribution in [0.1, 0.15) is 50.7 Å². The first-order valence-electron chi connectivity index (χ1n) is 7.99. The monoisotopic (exact) mass is 291 g/mol. The van der Waals surface area contributed by atoms with E-state index in [9.17, 15) is 9.90 Å².